The number of anilines is 2. The average Bonchev–Trinajstić information content (AvgIpc) is 2.59. The molecule has 0 saturated heterocycles. The van der Waals surface area contributed by atoms with Crippen LogP contribution in [0.3, 0.4) is 0 Å². The first kappa shape index (κ1) is 16.7. The number of aromatic nitrogens is 2. The van der Waals surface area contributed by atoms with E-state index in [0.717, 1.165) is 13.0 Å². The molecule has 0 saturated carbocycles. The second kappa shape index (κ2) is 8.70. The molecule has 1 aromatic heterocycles. The first-order chi connectivity index (χ1) is 11.2. The van der Waals surface area contributed by atoms with Crippen molar-refractivity contribution in [1.29, 1.82) is 0 Å². The van der Waals surface area contributed by atoms with Gasteiger partial charge in [0.05, 0.1) is 19.5 Å². The van der Waals surface area contributed by atoms with E-state index < -0.39 is 0 Å². The maximum atomic E-state index is 12.1. The number of ether oxygens (including phenoxy) is 2. The molecule has 0 aliphatic rings. The lowest BCUT2D eigenvalue weighted by atomic mass is 10.3. The average molecular weight is 316 g/mol. The minimum Gasteiger partial charge on any atom is -0.497 e. The van der Waals surface area contributed by atoms with Gasteiger partial charge < -0.3 is 20.1 Å². The standard InChI is InChI=1S/C16H20N4O3/c1-22-8-4-7-17-15-11-18-14(10-19-15)16(21)20-12-5-3-6-13(9-12)23-2/h3,5-6,9-11H,4,7-8H2,1-2H3,(H,17,19)(H,20,21). The van der Waals surface area contributed by atoms with Crippen LogP contribution >= 0.6 is 0 Å². The SMILES string of the molecule is COCCCNc1cnc(C(=O)Nc2cccc(OC)c2)cn1. The van der Waals surface area contributed by atoms with E-state index in [0.29, 0.717) is 23.9 Å². The molecule has 0 aliphatic heterocycles. The maximum Gasteiger partial charge on any atom is 0.275 e. The summed E-state index contributed by atoms with van der Waals surface area (Å²) in [6.45, 7) is 1.42. The fraction of sp³-hybridized carbons (Fsp3) is 0.312. The zero-order chi connectivity index (χ0) is 16.5. The van der Waals surface area contributed by atoms with Gasteiger partial charge in [0.15, 0.2) is 0 Å². The third-order valence-corrected chi connectivity index (χ3v) is 3.04. The largest absolute Gasteiger partial charge is 0.497 e. The molecular formula is C16H20N4O3. The Morgan fingerprint density at radius 2 is 2.09 bits per heavy atom. The molecule has 0 aliphatic carbocycles. The summed E-state index contributed by atoms with van der Waals surface area (Å²) in [6, 6.07) is 7.11. The first-order valence-electron chi connectivity index (χ1n) is 7.23. The van der Waals surface area contributed by atoms with Gasteiger partial charge in [0.25, 0.3) is 5.91 Å². The number of benzene rings is 1. The molecule has 2 N–H and O–H groups in total. The summed E-state index contributed by atoms with van der Waals surface area (Å²) < 4.78 is 10.1. The molecule has 1 heterocycles. The number of carbonyl (C=O) groups is 1. The number of methoxy groups -OCH3 is 2. The topological polar surface area (TPSA) is 85.4 Å². The second-order valence-electron chi connectivity index (χ2n) is 4.75. The molecule has 0 atom stereocenters. The van der Waals surface area contributed by atoms with Gasteiger partial charge in [-0.15, -0.1) is 0 Å². The van der Waals surface area contributed by atoms with Crippen molar-refractivity contribution in [2.45, 2.75) is 6.42 Å². The Bertz CT molecular complexity index is 631. The van der Waals surface area contributed by atoms with E-state index in [1.165, 1.54) is 12.4 Å². The van der Waals surface area contributed by atoms with Crippen molar-refractivity contribution in [2.75, 3.05) is 38.0 Å². The Morgan fingerprint density at radius 1 is 1.22 bits per heavy atom. The molecule has 7 nitrogen and oxygen atoms in total. The fourth-order valence-corrected chi connectivity index (χ4v) is 1.87. The van der Waals surface area contributed by atoms with E-state index in [1.807, 2.05) is 0 Å². The zero-order valence-electron chi connectivity index (χ0n) is 13.2. The summed E-state index contributed by atoms with van der Waals surface area (Å²) in [6.07, 6.45) is 3.84. The molecule has 122 valence electrons. The number of amides is 1. The van der Waals surface area contributed by atoms with Crippen LogP contribution in [0.4, 0.5) is 11.5 Å². The molecule has 1 amide bonds. The number of nitrogens with one attached hydrogen (secondary N) is 2. The van der Waals surface area contributed by atoms with Crippen LogP contribution in [-0.4, -0.2) is 43.2 Å². The predicted octanol–water partition coefficient (Wildman–Crippen LogP) is 2.19. The van der Waals surface area contributed by atoms with Crippen molar-refractivity contribution < 1.29 is 14.3 Å². The number of hydrogen-bond donors (Lipinski definition) is 2. The van der Waals surface area contributed by atoms with Crippen molar-refractivity contribution in [3.63, 3.8) is 0 Å². The van der Waals surface area contributed by atoms with E-state index in [-0.39, 0.29) is 11.6 Å². The highest BCUT2D eigenvalue weighted by Gasteiger charge is 2.09. The Kier molecular flexibility index (Phi) is 6.31. The monoisotopic (exact) mass is 316 g/mol. The van der Waals surface area contributed by atoms with Crippen LogP contribution in [0.15, 0.2) is 36.7 Å². The second-order valence-corrected chi connectivity index (χ2v) is 4.75. The Labute approximate surface area is 135 Å². The number of rotatable bonds is 8. The summed E-state index contributed by atoms with van der Waals surface area (Å²) in [7, 11) is 3.24. The van der Waals surface area contributed by atoms with Crippen LogP contribution < -0.4 is 15.4 Å². The Morgan fingerprint density at radius 3 is 2.78 bits per heavy atom. The van der Waals surface area contributed by atoms with E-state index in [4.69, 9.17) is 9.47 Å². The molecule has 0 spiro atoms. The molecule has 2 aromatic rings. The van der Waals surface area contributed by atoms with Crippen LogP contribution in [0, 0.1) is 0 Å². The summed E-state index contributed by atoms with van der Waals surface area (Å²) in [5, 5.41) is 5.86. The van der Waals surface area contributed by atoms with Crippen LogP contribution in [0.25, 0.3) is 0 Å². The molecule has 2 rings (SSSR count). The van der Waals surface area contributed by atoms with Gasteiger partial charge in [-0.25, -0.2) is 9.97 Å². The minimum atomic E-state index is -0.323. The minimum absolute atomic E-state index is 0.246. The predicted molar refractivity (Wildman–Crippen MR) is 88.0 cm³/mol. The van der Waals surface area contributed by atoms with E-state index in [9.17, 15) is 4.79 Å². The quantitative estimate of drug-likeness (QED) is 0.726. The van der Waals surface area contributed by atoms with Gasteiger partial charge in [0, 0.05) is 32.0 Å². The Balaban J connectivity index is 1.91. The van der Waals surface area contributed by atoms with Gasteiger partial charge in [0.2, 0.25) is 0 Å². The van der Waals surface area contributed by atoms with Crippen molar-refractivity contribution >= 4 is 17.4 Å². The van der Waals surface area contributed by atoms with Crippen LogP contribution in [0.1, 0.15) is 16.9 Å². The van der Waals surface area contributed by atoms with Crippen LogP contribution in [0.5, 0.6) is 5.75 Å². The third kappa shape index (κ3) is 5.23. The summed E-state index contributed by atoms with van der Waals surface area (Å²) >= 11 is 0. The van der Waals surface area contributed by atoms with Crippen molar-refractivity contribution in [3.8, 4) is 5.75 Å². The number of carbonyl (C=O) groups excluding carboxylic acids is 1. The van der Waals surface area contributed by atoms with Gasteiger partial charge >= 0.3 is 0 Å². The first-order valence-corrected chi connectivity index (χ1v) is 7.23. The van der Waals surface area contributed by atoms with Crippen molar-refractivity contribution in [1.82, 2.24) is 9.97 Å². The highest BCUT2D eigenvalue weighted by molar-refractivity contribution is 6.02. The molecule has 0 bridgehead atoms. The molecule has 0 radical (unpaired) electrons. The molecule has 0 unspecified atom stereocenters. The van der Waals surface area contributed by atoms with Crippen LogP contribution in [0.2, 0.25) is 0 Å². The normalized spacial score (nSPS) is 10.2. The Hall–Kier alpha value is -2.67. The zero-order valence-corrected chi connectivity index (χ0v) is 13.2. The fourth-order valence-electron chi connectivity index (χ4n) is 1.87. The highest BCUT2D eigenvalue weighted by atomic mass is 16.5. The van der Waals surface area contributed by atoms with E-state index in [2.05, 4.69) is 20.6 Å². The molecule has 23 heavy (non-hydrogen) atoms. The van der Waals surface area contributed by atoms with E-state index >= 15 is 0 Å². The molecule has 1 aromatic carbocycles. The lowest BCUT2D eigenvalue weighted by Gasteiger charge is -2.07. The number of hydrogen-bond acceptors (Lipinski definition) is 6. The van der Waals surface area contributed by atoms with E-state index in [1.54, 1.807) is 38.5 Å². The van der Waals surface area contributed by atoms with Gasteiger partial charge in [-0.2, -0.15) is 0 Å². The van der Waals surface area contributed by atoms with Gasteiger partial charge in [0.1, 0.15) is 17.3 Å². The van der Waals surface area contributed by atoms with Crippen molar-refractivity contribution in [2.24, 2.45) is 0 Å². The number of nitrogens with zero attached hydrogens (tertiary/aromatic N) is 2. The van der Waals surface area contributed by atoms with Crippen LogP contribution in [-0.2, 0) is 4.74 Å². The lowest BCUT2D eigenvalue weighted by Crippen LogP contribution is -2.15. The van der Waals surface area contributed by atoms with Gasteiger partial charge in [-0.3, -0.25) is 4.79 Å². The highest BCUT2D eigenvalue weighted by Crippen LogP contribution is 2.17. The summed E-state index contributed by atoms with van der Waals surface area (Å²) in [5.74, 6) is 0.972. The van der Waals surface area contributed by atoms with Gasteiger partial charge in [-0.1, -0.05) is 6.07 Å². The lowest BCUT2D eigenvalue weighted by molar-refractivity contribution is 0.102. The third-order valence-electron chi connectivity index (χ3n) is 3.04. The molecule has 7 heteroatoms. The molecular weight excluding hydrogens is 296 g/mol. The summed E-state index contributed by atoms with van der Waals surface area (Å²) in [5.41, 5.74) is 0.883. The summed E-state index contributed by atoms with van der Waals surface area (Å²) in [4.78, 5) is 20.4. The smallest absolute Gasteiger partial charge is 0.275 e. The maximum absolute atomic E-state index is 12.1. The molecule has 0 fully saturated rings. The van der Waals surface area contributed by atoms with Crippen molar-refractivity contribution in [3.05, 3.63) is 42.4 Å². The van der Waals surface area contributed by atoms with Gasteiger partial charge in [-0.05, 0) is 18.6 Å².